The highest BCUT2D eigenvalue weighted by Crippen LogP contribution is 2.28. The van der Waals surface area contributed by atoms with Crippen LogP contribution in [0, 0.1) is 5.92 Å². The van der Waals surface area contributed by atoms with Gasteiger partial charge in [-0.2, -0.15) is 0 Å². The zero-order valence-electron chi connectivity index (χ0n) is 16.1. The lowest BCUT2D eigenvalue weighted by Gasteiger charge is -2.22. The van der Waals surface area contributed by atoms with E-state index in [1.54, 1.807) is 6.07 Å². The molecular weight excluding hydrogens is 459 g/mol. The standard InChI is InChI=1S/C19H30N4O3.HI/c1-3-21-19(23(2)9-10-25-13-15-7-8-15)22-12-16-5-4-6-17(11-16)26-14-18(20)24;/h4-6,11,15H,3,7-10,12-14H2,1-2H3,(H2,20,24)(H,21,22);1H. The van der Waals surface area contributed by atoms with Crippen LogP contribution >= 0.6 is 24.0 Å². The topological polar surface area (TPSA) is 89.2 Å². The Morgan fingerprint density at radius 2 is 2.19 bits per heavy atom. The molecule has 152 valence electrons. The number of nitrogens with zero attached hydrogens (tertiary/aromatic N) is 2. The summed E-state index contributed by atoms with van der Waals surface area (Å²) in [5, 5.41) is 3.30. The number of hydrogen-bond acceptors (Lipinski definition) is 4. The Labute approximate surface area is 178 Å². The van der Waals surface area contributed by atoms with Crippen LogP contribution in [0.25, 0.3) is 0 Å². The van der Waals surface area contributed by atoms with E-state index >= 15 is 0 Å². The fourth-order valence-electron chi connectivity index (χ4n) is 2.37. The van der Waals surface area contributed by atoms with Gasteiger partial charge in [0.1, 0.15) is 5.75 Å². The number of amides is 1. The lowest BCUT2D eigenvalue weighted by Crippen LogP contribution is -2.40. The first kappa shape index (κ1) is 23.5. The van der Waals surface area contributed by atoms with E-state index in [-0.39, 0.29) is 30.6 Å². The van der Waals surface area contributed by atoms with Gasteiger partial charge in [-0.25, -0.2) is 4.99 Å². The number of halogens is 1. The number of likely N-dealkylation sites (N-methyl/N-ethyl adjacent to an activating group) is 1. The van der Waals surface area contributed by atoms with Crippen molar-refractivity contribution in [3.8, 4) is 5.75 Å². The van der Waals surface area contributed by atoms with Crippen molar-refractivity contribution in [2.45, 2.75) is 26.3 Å². The number of aliphatic imine (C=N–C) groups is 1. The third-order valence-electron chi connectivity index (χ3n) is 4.01. The molecule has 3 N–H and O–H groups in total. The first-order chi connectivity index (χ1) is 12.6. The fraction of sp³-hybridized carbons (Fsp3) is 0.579. The summed E-state index contributed by atoms with van der Waals surface area (Å²) in [6, 6.07) is 7.52. The zero-order chi connectivity index (χ0) is 18.8. The third-order valence-corrected chi connectivity index (χ3v) is 4.01. The summed E-state index contributed by atoms with van der Waals surface area (Å²) in [6.07, 6.45) is 2.62. The number of primary amides is 1. The van der Waals surface area contributed by atoms with Crippen LogP contribution in [0.2, 0.25) is 0 Å². The molecule has 1 saturated carbocycles. The molecule has 0 atom stereocenters. The van der Waals surface area contributed by atoms with Gasteiger partial charge in [0, 0.05) is 26.7 Å². The van der Waals surface area contributed by atoms with E-state index in [2.05, 4.69) is 15.2 Å². The maximum atomic E-state index is 10.8. The molecule has 7 nitrogen and oxygen atoms in total. The maximum Gasteiger partial charge on any atom is 0.255 e. The summed E-state index contributed by atoms with van der Waals surface area (Å²) in [5.74, 6) is 1.74. The number of hydrogen-bond donors (Lipinski definition) is 2. The van der Waals surface area contributed by atoms with Gasteiger partial charge in [0.2, 0.25) is 0 Å². The molecule has 1 amide bonds. The normalized spacial score (nSPS) is 13.6. The van der Waals surface area contributed by atoms with Crippen LogP contribution in [-0.4, -0.2) is 56.7 Å². The predicted molar refractivity (Wildman–Crippen MR) is 118 cm³/mol. The number of benzene rings is 1. The first-order valence-electron chi connectivity index (χ1n) is 9.15. The molecule has 1 fully saturated rings. The largest absolute Gasteiger partial charge is 0.484 e. The molecule has 0 spiro atoms. The van der Waals surface area contributed by atoms with E-state index in [1.807, 2.05) is 32.2 Å². The lowest BCUT2D eigenvalue weighted by molar-refractivity contribution is -0.119. The number of rotatable bonds is 11. The van der Waals surface area contributed by atoms with Crippen LogP contribution in [0.5, 0.6) is 5.75 Å². The summed E-state index contributed by atoms with van der Waals surface area (Å²) in [6.45, 7) is 5.61. The number of nitrogens with one attached hydrogen (secondary N) is 1. The van der Waals surface area contributed by atoms with Crippen molar-refractivity contribution in [3.05, 3.63) is 29.8 Å². The van der Waals surface area contributed by atoms with Crippen LogP contribution in [0.3, 0.4) is 0 Å². The van der Waals surface area contributed by atoms with Crippen LogP contribution in [0.4, 0.5) is 0 Å². The van der Waals surface area contributed by atoms with E-state index < -0.39 is 5.91 Å². The second-order valence-corrected chi connectivity index (χ2v) is 6.51. The maximum absolute atomic E-state index is 10.8. The molecule has 0 unspecified atom stereocenters. The monoisotopic (exact) mass is 490 g/mol. The van der Waals surface area contributed by atoms with Gasteiger partial charge < -0.3 is 25.4 Å². The van der Waals surface area contributed by atoms with E-state index in [4.69, 9.17) is 15.2 Å². The minimum atomic E-state index is -0.492. The van der Waals surface area contributed by atoms with Crippen LogP contribution in [0.15, 0.2) is 29.3 Å². The number of nitrogens with two attached hydrogens (primary N) is 1. The first-order valence-corrected chi connectivity index (χ1v) is 9.15. The van der Waals surface area contributed by atoms with Gasteiger partial charge >= 0.3 is 0 Å². The number of guanidine groups is 1. The highest BCUT2D eigenvalue weighted by atomic mass is 127. The molecule has 27 heavy (non-hydrogen) atoms. The fourth-order valence-corrected chi connectivity index (χ4v) is 2.37. The van der Waals surface area contributed by atoms with E-state index in [9.17, 15) is 4.79 Å². The number of carbonyl (C=O) groups excluding carboxylic acids is 1. The van der Waals surface area contributed by atoms with Crippen molar-refractivity contribution in [1.29, 1.82) is 0 Å². The summed E-state index contributed by atoms with van der Waals surface area (Å²) < 4.78 is 11.0. The van der Waals surface area contributed by atoms with E-state index in [1.165, 1.54) is 12.8 Å². The van der Waals surface area contributed by atoms with Crippen molar-refractivity contribution in [1.82, 2.24) is 10.2 Å². The summed E-state index contributed by atoms with van der Waals surface area (Å²) in [4.78, 5) is 17.6. The third kappa shape index (κ3) is 9.81. The highest BCUT2D eigenvalue weighted by Gasteiger charge is 2.21. The van der Waals surface area contributed by atoms with Crippen LogP contribution in [-0.2, 0) is 16.1 Å². The van der Waals surface area contributed by atoms with E-state index in [0.717, 1.165) is 37.1 Å². The average molecular weight is 490 g/mol. The van der Waals surface area contributed by atoms with Gasteiger partial charge in [-0.3, -0.25) is 4.79 Å². The minimum Gasteiger partial charge on any atom is -0.484 e. The molecule has 1 aliphatic carbocycles. The van der Waals surface area contributed by atoms with Crippen molar-refractivity contribution in [2.24, 2.45) is 16.6 Å². The second kappa shape index (κ2) is 12.8. The van der Waals surface area contributed by atoms with E-state index in [0.29, 0.717) is 18.9 Å². The van der Waals surface area contributed by atoms with Gasteiger partial charge in [-0.15, -0.1) is 24.0 Å². The number of carbonyl (C=O) groups is 1. The molecule has 0 heterocycles. The summed E-state index contributed by atoms with van der Waals surface area (Å²) >= 11 is 0. The van der Waals surface area contributed by atoms with Crippen molar-refractivity contribution < 1.29 is 14.3 Å². The smallest absolute Gasteiger partial charge is 0.255 e. The molecule has 0 aliphatic heterocycles. The Hall–Kier alpha value is -1.55. The second-order valence-electron chi connectivity index (χ2n) is 6.51. The molecule has 1 aromatic carbocycles. The molecule has 1 aromatic rings. The summed E-state index contributed by atoms with van der Waals surface area (Å²) in [5.41, 5.74) is 6.10. The van der Waals surface area contributed by atoms with Gasteiger partial charge in [0.25, 0.3) is 5.91 Å². The van der Waals surface area contributed by atoms with Gasteiger partial charge in [0.15, 0.2) is 12.6 Å². The molecule has 0 saturated heterocycles. The zero-order valence-corrected chi connectivity index (χ0v) is 18.5. The molecule has 0 bridgehead atoms. The Bertz CT molecular complexity index is 608. The van der Waals surface area contributed by atoms with Crippen LogP contribution in [0.1, 0.15) is 25.3 Å². The minimum absolute atomic E-state index is 0. The van der Waals surface area contributed by atoms with Crippen molar-refractivity contribution in [2.75, 3.05) is 40.0 Å². The van der Waals surface area contributed by atoms with Crippen molar-refractivity contribution in [3.63, 3.8) is 0 Å². The molecule has 2 rings (SSSR count). The average Bonchev–Trinajstić information content (AvgIpc) is 3.45. The van der Waals surface area contributed by atoms with Gasteiger partial charge in [0.05, 0.1) is 13.2 Å². The Morgan fingerprint density at radius 1 is 1.41 bits per heavy atom. The molecule has 0 radical (unpaired) electrons. The molecule has 8 heteroatoms. The molecule has 0 aromatic heterocycles. The summed E-state index contributed by atoms with van der Waals surface area (Å²) in [7, 11) is 2.01. The Balaban J connectivity index is 0.00000364. The SMILES string of the molecule is CCNC(=NCc1cccc(OCC(N)=O)c1)N(C)CCOCC1CC1.I. The Kier molecular flexibility index (Phi) is 11.1. The molecular formula is C19H31IN4O3. The Morgan fingerprint density at radius 3 is 2.85 bits per heavy atom. The lowest BCUT2D eigenvalue weighted by atomic mass is 10.2. The van der Waals surface area contributed by atoms with Gasteiger partial charge in [-0.05, 0) is 43.4 Å². The van der Waals surface area contributed by atoms with Crippen LogP contribution < -0.4 is 15.8 Å². The van der Waals surface area contributed by atoms with Crippen molar-refractivity contribution >= 4 is 35.8 Å². The quantitative estimate of drug-likeness (QED) is 0.215. The molecule has 1 aliphatic rings. The van der Waals surface area contributed by atoms with Gasteiger partial charge in [-0.1, -0.05) is 12.1 Å². The number of ether oxygens (including phenoxy) is 2. The highest BCUT2D eigenvalue weighted by molar-refractivity contribution is 14.0. The predicted octanol–water partition coefficient (Wildman–Crippen LogP) is 1.99.